The first kappa shape index (κ1) is 8.59. The lowest BCUT2D eigenvalue weighted by molar-refractivity contribution is 0.470. The van der Waals surface area contributed by atoms with Crippen molar-refractivity contribution in [1.82, 2.24) is 0 Å². The molecule has 1 aromatic carbocycles. The molecule has 0 unspecified atom stereocenters. The van der Waals surface area contributed by atoms with Gasteiger partial charge in [-0.2, -0.15) is 0 Å². The van der Waals surface area contributed by atoms with Crippen LogP contribution in [-0.4, -0.2) is 10.9 Å². The maximum atomic E-state index is 9.30. The summed E-state index contributed by atoms with van der Waals surface area (Å²) in [6, 6.07) is 5.31. The lowest BCUT2D eigenvalue weighted by Crippen LogP contribution is -2.12. The van der Waals surface area contributed by atoms with E-state index in [1.165, 1.54) is 0 Å². The summed E-state index contributed by atoms with van der Waals surface area (Å²) in [5.74, 6) is 0.368. The summed E-state index contributed by atoms with van der Waals surface area (Å²) >= 11 is 0. The van der Waals surface area contributed by atoms with Crippen molar-refractivity contribution in [1.29, 1.82) is 5.41 Å². The van der Waals surface area contributed by atoms with E-state index >= 15 is 0 Å². The molecule has 0 saturated carbocycles. The van der Waals surface area contributed by atoms with Crippen molar-refractivity contribution >= 4 is 5.84 Å². The predicted molar refractivity (Wildman–Crippen MR) is 48.5 cm³/mol. The molecule has 0 amide bonds. The molecule has 1 aromatic rings. The highest BCUT2D eigenvalue weighted by Crippen LogP contribution is 2.17. The van der Waals surface area contributed by atoms with Gasteiger partial charge in [0.25, 0.3) is 0 Å². The molecule has 0 fully saturated rings. The van der Waals surface area contributed by atoms with E-state index in [1.807, 2.05) is 19.1 Å². The summed E-state index contributed by atoms with van der Waals surface area (Å²) in [6.07, 6.45) is 0.397. The Morgan fingerprint density at radius 3 is 2.75 bits per heavy atom. The van der Waals surface area contributed by atoms with Crippen LogP contribution < -0.4 is 5.73 Å². The summed E-state index contributed by atoms with van der Waals surface area (Å²) in [5.41, 5.74) is 6.92. The minimum absolute atomic E-state index is 0.109. The van der Waals surface area contributed by atoms with Gasteiger partial charge in [0, 0.05) is 6.42 Å². The minimum atomic E-state index is 0.109. The number of amidine groups is 1. The van der Waals surface area contributed by atoms with Crippen LogP contribution in [0.2, 0.25) is 0 Å². The van der Waals surface area contributed by atoms with Crippen molar-refractivity contribution in [2.24, 2.45) is 5.73 Å². The molecule has 0 aliphatic carbocycles. The van der Waals surface area contributed by atoms with Gasteiger partial charge in [-0.05, 0) is 24.1 Å². The predicted octanol–water partition coefficient (Wildman–Crippen LogP) is 1.18. The van der Waals surface area contributed by atoms with Gasteiger partial charge in [-0.15, -0.1) is 0 Å². The average molecular weight is 164 g/mol. The van der Waals surface area contributed by atoms with Gasteiger partial charge in [0.15, 0.2) is 0 Å². The first-order valence-electron chi connectivity index (χ1n) is 3.71. The topological polar surface area (TPSA) is 70.1 Å². The van der Waals surface area contributed by atoms with Crippen LogP contribution in [0.15, 0.2) is 18.2 Å². The van der Waals surface area contributed by atoms with Crippen LogP contribution in [0.25, 0.3) is 0 Å². The highest BCUT2D eigenvalue weighted by atomic mass is 16.3. The third-order valence-corrected chi connectivity index (χ3v) is 1.67. The zero-order valence-corrected chi connectivity index (χ0v) is 6.96. The molecule has 0 aliphatic rings. The van der Waals surface area contributed by atoms with E-state index in [2.05, 4.69) is 0 Å². The lowest BCUT2D eigenvalue weighted by atomic mass is 10.1. The van der Waals surface area contributed by atoms with E-state index in [0.717, 1.165) is 11.1 Å². The minimum Gasteiger partial charge on any atom is -0.508 e. The fourth-order valence-corrected chi connectivity index (χ4v) is 0.985. The Morgan fingerprint density at radius 2 is 2.25 bits per heavy atom. The van der Waals surface area contributed by atoms with Crippen LogP contribution in [0.1, 0.15) is 11.1 Å². The van der Waals surface area contributed by atoms with Crippen molar-refractivity contribution in [3.05, 3.63) is 29.3 Å². The van der Waals surface area contributed by atoms with Crippen molar-refractivity contribution < 1.29 is 5.11 Å². The monoisotopic (exact) mass is 164 g/mol. The number of benzene rings is 1. The van der Waals surface area contributed by atoms with Crippen LogP contribution in [-0.2, 0) is 6.42 Å². The number of nitrogens with one attached hydrogen (secondary N) is 1. The highest BCUT2D eigenvalue weighted by molar-refractivity contribution is 5.79. The van der Waals surface area contributed by atoms with Crippen molar-refractivity contribution in [2.45, 2.75) is 13.3 Å². The molecule has 3 nitrogen and oxygen atoms in total. The molecular weight excluding hydrogens is 152 g/mol. The molecule has 0 radical (unpaired) electrons. The fraction of sp³-hybridized carbons (Fsp3) is 0.222. The zero-order chi connectivity index (χ0) is 9.14. The summed E-state index contributed by atoms with van der Waals surface area (Å²) in [4.78, 5) is 0. The van der Waals surface area contributed by atoms with Crippen molar-refractivity contribution in [3.63, 3.8) is 0 Å². The Morgan fingerprint density at radius 1 is 1.58 bits per heavy atom. The lowest BCUT2D eigenvalue weighted by Gasteiger charge is -2.02. The molecule has 4 N–H and O–H groups in total. The normalized spacial score (nSPS) is 9.75. The number of nitrogens with two attached hydrogens (primary N) is 1. The maximum Gasteiger partial charge on any atom is 0.118 e. The molecule has 12 heavy (non-hydrogen) atoms. The summed E-state index contributed by atoms with van der Waals surface area (Å²) in [6.45, 7) is 1.83. The molecule has 0 spiro atoms. The van der Waals surface area contributed by atoms with E-state index < -0.39 is 0 Å². The third-order valence-electron chi connectivity index (χ3n) is 1.67. The molecule has 0 bridgehead atoms. The second kappa shape index (κ2) is 3.26. The van der Waals surface area contributed by atoms with E-state index in [-0.39, 0.29) is 11.6 Å². The first-order valence-corrected chi connectivity index (χ1v) is 3.71. The average Bonchev–Trinajstić information content (AvgIpc) is 1.96. The SMILES string of the molecule is Cc1ccc(CC(=N)N)cc1O. The number of hydrogen-bond acceptors (Lipinski definition) is 2. The van der Waals surface area contributed by atoms with E-state index in [4.69, 9.17) is 11.1 Å². The summed E-state index contributed by atoms with van der Waals surface area (Å²) < 4.78 is 0. The van der Waals surface area contributed by atoms with E-state index in [9.17, 15) is 5.11 Å². The van der Waals surface area contributed by atoms with Crippen LogP contribution in [0.3, 0.4) is 0 Å². The van der Waals surface area contributed by atoms with Gasteiger partial charge in [0.05, 0.1) is 5.84 Å². The van der Waals surface area contributed by atoms with Crippen molar-refractivity contribution in [3.8, 4) is 5.75 Å². The Labute approximate surface area is 71.3 Å². The third kappa shape index (κ3) is 1.99. The van der Waals surface area contributed by atoms with Gasteiger partial charge in [-0.1, -0.05) is 12.1 Å². The number of rotatable bonds is 2. The number of aromatic hydroxyl groups is 1. The Kier molecular flexibility index (Phi) is 2.33. The van der Waals surface area contributed by atoms with Crippen LogP contribution in [0, 0.1) is 12.3 Å². The van der Waals surface area contributed by atoms with Crippen molar-refractivity contribution in [2.75, 3.05) is 0 Å². The van der Waals surface area contributed by atoms with Gasteiger partial charge in [0.1, 0.15) is 5.75 Å². The number of hydrogen-bond donors (Lipinski definition) is 3. The number of aryl methyl sites for hydroxylation is 1. The largest absolute Gasteiger partial charge is 0.508 e. The van der Waals surface area contributed by atoms with E-state index in [1.54, 1.807) is 6.07 Å². The van der Waals surface area contributed by atoms with Gasteiger partial charge < -0.3 is 10.8 Å². The maximum absolute atomic E-state index is 9.30. The first-order chi connectivity index (χ1) is 5.59. The van der Waals surface area contributed by atoms with Crippen LogP contribution >= 0.6 is 0 Å². The van der Waals surface area contributed by atoms with Gasteiger partial charge in [-0.3, -0.25) is 5.41 Å². The number of phenols is 1. The Hall–Kier alpha value is -1.51. The van der Waals surface area contributed by atoms with Crippen LogP contribution in [0.5, 0.6) is 5.75 Å². The summed E-state index contributed by atoms with van der Waals surface area (Å²) in [5, 5.41) is 16.4. The molecule has 0 heterocycles. The van der Waals surface area contributed by atoms with Gasteiger partial charge in [0.2, 0.25) is 0 Å². The quantitative estimate of drug-likeness (QED) is 0.453. The molecule has 0 aliphatic heterocycles. The van der Waals surface area contributed by atoms with Gasteiger partial charge in [-0.25, -0.2) is 0 Å². The van der Waals surface area contributed by atoms with E-state index in [0.29, 0.717) is 6.42 Å². The Balaban J connectivity index is 2.89. The molecule has 3 heteroatoms. The fourth-order valence-electron chi connectivity index (χ4n) is 0.985. The number of phenolic OH excluding ortho intramolecular Hbond substituents is 1. The molecule has 1 rings (SSSR count). The molecule has 0 saturated heterocycles. The smallest absolute Gasteiger partial charge is 0.118 e. The molecular formula is C9H12N2O. The standard InChI is InChI=1S/C9H12N2O/c1-6-2-3-7(4-8(6)12)5-9(10)11/h2-4,12H,5H2,1H3,(H3,10,11). The highest BCUT2D eigenvalue weighted by Gasteiger charge is 1.99. The second-order valence-electron chi connectivity index (χ2n) is 2.82. The van der Waals surface area contributed by atoms with Gasteiger partial charge >= 0.3 is 0 Å². The molecule has 0 aromatic heterocycles. The molecule has 0 atom stereocenters. The molecule has 64 valence electrons. The summed E-state index contributed by atoms with van der Waals surface area (Å²) in [7, 11) is 0. The second-order valence-corrected chi connectivity index (χ2v) is 2.82. The zero-order valence-electron chi connectivity index (χ0n) is 6.96. The van der Waals surface area contributed by atoms with Crippen LogP contribution in [0.4, 0.5) is 0 Å². The Bertz CT molecular complexity index is 307.